The molecule has 0 radical (unpaired) electrons. The van der Waals surface area contributed by atoms with E-state index in [9.17, 15) is 14.9 Å². The van der Waals surface area contributed by atoms with Crippen LogP contribution in [0.15, 0.2) is 11.3 Å². The Morgan fingerprint density at radius 3 is 2.53 bits per heavy atom. The van der Waals surface area contributed by atoms with Crippen LogP contribution in [0.5, 0.6) is 0 Å². The number of carbonyl (C=O) groups excluding carboxylic acids is 1. The van der Waals surface area contributed by atoms with Crippen LogP contribution in [0.25, 0.3) is 0 Å². The summed E-state index contributed by atoms with van der Waals surface area (Å²) in [6, 6.07) is 1.52. The summed E-state index contributed by atoms with van der Waals surface area (Å²) in [6.07, 6.45) is 0. The number of rotatable bonds is 5. The van der Waals surface area contributed by atoms with Gasteiger partial charge in [0.05, 0.1) is 13.7 Å². The van der Waals surface area contributed by atoms with Crippen molar-refractivity contribution >= 4 is 5.97 Å². The van der Waals surface area contributed by atoms with Crippen molar-refractivity contribution in [1.29, 1.82) is 5.26 Å². The lowest BCUT2D eigenvalue weighted by Gasteiger charge is -2.04. The normalized spacial score (nSPS) is 11.0. The minimum Gasteiger partial charge on any atom is -0.493 e. The first kappa shape index (κ1) is 12.9. The highest BCUT2D eigenvalue weighted by Crippen LogP contribution is 2.07. The van der Waals surface area contributed by atoms with Crippen LogP contribution in [-0.4, -0.2) is 31.2 Å². The lowest BCUT2D eigenvalue weighted by Crippen LogP contribution is -2.15. The Hall–Kier alpha value is -2.10. The predicted molar refractivity (Wildman–Crippen MR) is 48.1 cm³/mol. The third-order valence-corrected chi connectivity index (χ3v) is 1.39. The maximum Gasteiger partial charge on any atom is 0.352 e. The van der Waals surface area contributed by atoms with Gasteiger partial charge in [-0.05, 0) is 6.92 Å². The highest BCUT2D eigenvalue weighted by atomic mass is 16.6. The van der Waals surface area contributed by atoms with Crippen LogP contribution >= 0.6 is 0 Å². The second-order valence-corrected chi connectivity index (χ2v) is 2.33. The fourth-order valence-corrected chi connectivity index (χ4v) is 0.788. The van der Waals surface area contributed by atoms with Crippen molar-refractivity contribution in [3.63, 3.8) is 0 Å². The van der Waals surface area contributed by atoms with E-state index in [-0.39, 0.29) is 12.4 Å². The molecule has 0 N–H and O–H groups in total. The fourth-order valence-electron chi connectivity index (χ4n) is 0.788. The van der Waals surface area contributed by atoms with E-state index in [1.807, 2.05) is 0 Å². The number of hydrogen-bond donors (Lipinski definition) is 0. The Kier molecular flexibility index (Phi) is 5.48. The van der Waals surface area contributed by atoms with E-state index in [0.29, 0.717) is 0 Å². The monoisotopic (exact) mass is 214 g/mol. The fraction of sp³-hybridized carbons (Fsp3) is 0.500. The quantitative estimate of drug-likeness (QED) is 0.162. The molecule has 0 bridgehead atoms. The molecule has 15 heavy (non-hydrogen) atoms. The van der Waals surface area contributed by atoms with Crippen LogP contribution < -0.4 is 0 Å². The number of nitro groups is 1. The van der Waals surface area contributed by atoms with E-state index in [1.165, 1.54) is 6.07 Å². The summed E-state index contributed by atoms with van der Waals surface area (Å²) in [4.78, 5) is 20.7. The Morgan fingerprint density at radius 2 is 2.20 bits per heavy atom. The number of methoxy groups -OCH3 is 1. The third-order valence-electron chi connectivity index (χ3n) is 1.39. The van der Waals surface area contributed by atoms with Gasteiger partial charge in [0.25, 0.3) is 6.54 Å². The van der Waals surface area contributed by atoms with Gasteiger partial charge in [-0.3, -0.25) is 10.1 Å². The average Bonchev–Trinajstić information content (AvgIpc) is 2.17. The first-order valence-electron chi connectivity index (χ1n) is 4.02. The van der Waals surface area contributed by atoms with Gasteiger partial charge in [-0.25, -0.2) is 4.79 Å². The zero-order chi connectivity index (χ0) is 11.8. The molecule has 0 unspecified atom stereocenters. The highest BCUT2D eigenvalue weighted by molar-refractivity contribution is 5.93. The number of esters is 1. The number of hydrogen-bond acceptors (Lipinski definition) is 6. The van der Waals surface area contributed by atoms with E-state index >= 15 is 0 Å². The minimum absolute atomic E-state index is 0.0828. The molecule has 0 amide bonds. The smallest absolute Gasteiger partial charge is 0.352 e. The molecule has 82 valence electrons. The highest BCUT2D eigenvalue weighted by Gasteiger charge is 2.21. The molecule has 0 heterocycles. The summed E-state index contributed by atoms with van der Waals surface area (Å²) >= 11 is 0. The summed E-state index contributed by atoms with van der Waals surface area (Å²) in [5.74, 6) is -1.22. The zero-order valence-electron chi connectivity index (χ0n) is 8.35. The maximum absolute atomic E-state index is 11.2. The molecule has 0 spiro atoms. The second kappa shape index (κ2) is 6.37. The molecule has 0 rings (SSSR count). The molecule has 0 aliphatic heterocycles. The van der Waals surface area contributed by atoms with E-state index in [2.05, 4.69) is 9.47 Å². The van der Waals surface area contributed by atoms with Gasteiger partial charge < -0.3 is 9.47 Å². The van der Waals surface area contributed by atoms with Crippen LogP contribution in [0, 0.1) is 21.4 Å². The molecule has 0 aliphatic carbocycles. The molecule has 0 aromatic rings. The molecule has 0 saturated heterocycles. The number of nitriles is 1. The van der Waals surface area contributed by atoms with Crippen molar-refractivity contribution in [2.45, 2.75) is 6.92 Å². The van der Waals surface area contributed by atoms with Gasteiger partial charge in [0.1, 0.15) is 6.07 Å². The van der Waals surface area contributed by atoms with Gasteiger partial charge in [-0.2, -0.15) is 5.26 Å². The summed E-state index contributed by atoms with van der Waals surface area (Å²) in [5.41, 5.74) is -0.476. The molecule has 7 nitrogen and oxygen atoms in total. The van der Waals surface area contributed by atoms with Crippen LogP contribution in [0.3, 0.4) is 0 Å². The lowest BCUT2D eigenvalue weighted by molar-refractivity contribution is -0.475. The first-order valence-corrected chi connectivity index (χ1v) is 4.02. The minimum atomic E-state index is -0.918. The molecule has 7 heteroatoms. The van der Waals surface area contributed by atoms with E-state index in [4.69, 9.17) is 5.26 Å². The summed E-state index contributed by atoms with van der Waals surface area (Å²) in [5, 5.41) is 18.8. The summed E-state index contributed by atoms with van der Waals surface area (Å²) in [6.45, 7) is 0.921. The van der Waals surface area contributed by atoms with Gasteiger partial charge in [0.2, 0.25) is 0 Å². The largest absolute Gasteiger partial charge is 0.493 e. The lowest BCUT2D eigenvalue weighted by atomic mass is 10.2. The zero-order valence-corrected chi connectivity index (χ0v) is 8.35. The van der Waals surface area contributed by atoms with Gasteiger partial charge >= 0.3 is 5.97 Å². The standard InChI is InChI=1S/C8H10N2O5/c1-3-15-8(11)6(4-9)7(14-2)5-10(12)13/h3,5H2,1-2H3/b7-6+. The van der Waals surface area contributed by atoms with Gasteiger partial charge in [-0.1, -0.05) is 0 Å². The Balaban J connectivity index is 4.99. The molecule has 0 aliphatic rings. The predicted octanol–water partition coefficient (Wildman–Crippen LogP) is 0.250. The van der Waals surface area contributed by atoms with Gasteiger partial charge in [0, 0.05) is 4.92 Å². The topological polar surface area (TPSA) is 102 Å². The van der Waals surface area contributed by atoms with Gasteiger partial charge in [-0.15, -0.1) is 0 Å². The number of nitrogens with zero attached hydrogens (tertiary/aromatic N) is 2. The average molecular weight is 214 g/mol. The molecular weight excluding hydrogens is 204 g/mol. The van der Waals surface area contributed by atoms with Crippen molar-refractivity contribution in [2.75, 3.05) is 20.3 Å². The van der Waals surface area contributed by atoms with E-state index in [1.54, 1.807) is 6.92 Å². The van der Waals surface area contributed by atoms with Crippen LogP contribution in [0.1, 0.15) is 6.92 Å². The van der Waals surface area contributed by atoms with E-state index < -0.39 is 23.0 Å². The molecule has 0 aromatic heterocycles. The van der Waals surface area contributed by atoms with Crippen molar-refractivity contribution in [1.82, 2.24) is 0 Å². The molecule has 0 fully saturated rings. The Bertz CT molecular complexity index is 328. The second-order valence-electron chi connectivity index (χ2n) is 2.33. The molecule has 0 atom stereocenters. The Morgan fingerprint density at radius 1 is 1.60 bits per heavy atom. The molecular formula is C8H10N2O5. The van der Waals surface area contributed by atoms with Crippen LogP contribution in [-0.2, 0) is 14.3 Å². The van der Waals surface area contributed by atoms with Crippen molar-refractivity contribution in [3.05, 3.63) is 21.4 Å². The van der Waals surface area contributed by atoms with Crippen molar-refractivity contribution in [2.24, 2.45) is 0 Å². The van der Waals surface area contributed by atoms with Crippen LogP contribution in [0.2, 0.25) is 0 Å². The Labute approximate surface area is 86.0 Å². The SMILES string of the molecule is CCOC(=O)/C(C#N)=C(\C[N+](=O)[O-])OC. The maximum atomic E-state index is 11.2. The first-order chi connectivity index (χ1) is 7.06. The molecule has 0 saturated carbocycles. The van der Waals surface area contributed by atoms with Crippen LogP contribution in [0.4, 0.5) is 0 Å². The summed E-state index contributed by atoms with van der Waals surface area (Å²) in [7, 11) is 1.15. The third kappa shape index (κ3) is 4.08. The van der Waals surface area contributed by atoms with E-state index in [0.717, 1.165) is 7.11 Å². The van der Waals surface area contributed by atoms with Crippen molar-refractivity contribution in [3.8, 4) is 6.07 Å². The van der Waals surface area contributed by atoms with Gasteiger partial charge in [0.15, 0.2) is 11.3 Å². The number of ether oxygens (including phenoxy) is 2. The summed E-state index contributed by atoms with van der Waals surface area (Å²) < 4.78 is 9.13. The van der Waals surface area contributed by atoms with Crippen molar-refractivity contribution < 1.29 is 19.2 Å². The molecule has 0 aromatic carbocycles. The number of carbonyl (C=O) groups is 1.